The summed E-state index contributed by atoms with van der Waals surface area (Å²) >= 11 is 12.2. The van der Waals surface area contributed by atoms with Crippen LogP contribution in [0.1, 0.15) is 51.0 Å². The summed E-state index contributed by atoms with van der Waals surface area (Å²) < 4.78 is 35.4. The summed E-state index contributed by atoms with van der Waals surface area (Å²) in [5.41, 5.74) is 0.887. The Balaban J connectivity index is 1.51. The van der Waals surface area contributed by atoms with E-state index in [-0.39, 0.29) is 59.2 Å². The van der Waals surface area contributed by atoms with Gasteiger partial charge >= 0.3 is 6.09 Å². The molecule has 360 valence electrons. The summed E-state index contributed by atoms with van der Waals surface area (Å²) in [7, 11) is 0.670. The van der Waals surface area contributed by atoms with Crippen molar-refractivity contribution in [2.45, 2.75) is 107 Å². The fourth-order valence-corrected chi connectivity index (χ4v) is 10.4. The molecule has 0 radical (unpaired) electrons. The molecule has 2 aliphatic heterocycles. The third kappa shape index (κ3) is 11.6. The maximum atomic E-state index is 15.3. The van der Waals surface area contributed by atoms with Gasteiger partial charge in [-0.1, -0.05) is 44.8 Å². The highest BCUT2D eigenvalue weighted by Crippen LogP contribution is 2.46. The predicted molar refractivity (Wildman–Crippen MR) is 263 cm³/mol. The Hall–Kier alpha value is -4.26. The third-order valence-corrected chi connectivity index (χ3v) is 14.6. The van der Waals surface area contributed by atoms with Crippen LogP contribution in [0, 0.1) is 23.7 Å². The fourth-order valence-electron chi connectivity index (χ4n) is 8.50. The maximum Gasteiger partial charge on any atom is 0.411 e. The van der Waals surface area contributed by atoms with E-state index in [0.29, 0.717) is 21.8 Å². The fraction of sp³-hybridized carbons (Fsp3) is 0.489. The first-order chi connectivity index (χ1) is 31.9. The van der Waals surface area contributed by atoms with Gasteiger partial charge < -0.3 is 54.0 Å². The number of Topliss-reactive ketones (excluding diaryl/α,β-unsaturated/α-hetero) is 2. The SMILES string of the molecule is CC#C/C=C\C#C[C@H](OC1OC(C)C(SC)(C(=O)c2nccc3c2[nH]c2ccc(O)cc23)C(O)C1OC1CC(OC)C(NC(C)C)CO1)C1=C(NC(=O)OC)C(=O)C[C@H](O)/C1=C/CS(C)(=S)=S. The second-order valence-electron chi connectivity index (χ2n) is 16.5. The minimum Gasteiger partial charge on any atom is -0.508 e. The number of carbonyl (C=O) groups is 3. The van der Waals surface area contributed by atoms with Crippen molar-refractivity contribution in [3.05, 3.63) is 71.2 Å². The van der Waals surface area contributed by atoms with Crippen molar-refractivity contribution in [2.75, 3.05) is 39.1 Å². The van der Waals surface area contributed by atoms with E-state index in [4.69, 9.17) is 50.8 Å². The van der Waals surface area contributed by atoms with Gasteiger partial charge in [0.2, 0.25) is 5.78 Å². The van der Waals surface area contributed by atoms with Crippen LogP contribution in [0.3, 0.4) is 0 Å². The largest absolute Gasteiger partial charge is 0.508 e. The molecular weight excluding hydrogens is 941 g/mol. The number of aromatic nitrogens is 2. The number of fused-ring (bicyclic) bond motifs is 3. The van der Waals surface area contributed by atoms with Gasteiger partial charge in [-0.05, 0) is 90.7 Å². The lowest BCUT2D eigenvalue weighted by atomic mass is 9.82. The van der Waals surface area contributed by atoms with E-state index in [9.17, 15) is 24.9 Å². The van der Waals surface area contributed by atoms with E-state index in [1.165, 1.54) is 24.4 Å². The number of hydrogen-bond donors (Lipinski definition) is 6. The van der Waals surface area contributed by atoms with Gasteiger partial charge in [0.25, 0.3) is 0 Å². The standard InChI is InChI=1S/C47H56N4O12S4/c1-9-10-11-12-13-14-35(38-29(18-20-67(8,64)65)33(53)22-34(54)40(38)51-46(57)59-6)62-45-42(63-37-23-36(58-5)32(24-60-37)49-25(2)3)44(56)47(66-7,26(4)61-45)43(55)41-39-28(17-19-48-41)30-21-27(52)15-16-31(30)50-39/h11-12,15-19,21,25-26,32-33,35-37,42,44-45,49-50,52-53,56H,20,22-24H2,1-8H3,(H,51,57)/b12-11-,29-18-/t26?,32?,33-,35-,36?,37?,42?,44?,45?,47?/m0/s1. The summed E-state index contributed by atoms with van der Waals surface area (Å²) in [6.45, 7) is 7.44. The molecule has 2 aromatic heterocycles. The Morgan fingerprint density at radius 1 is 1.16 bits per heavy atom. The number of benzene rings is 1. The lowest BCUT2D eigenvalue weighted by Crippen LogP contribution is -2.68. The van der Waals surface area contributed by atoms with E-state index in [0.717, 1.165) is 18.9 Å². The Kier molecular flexibility index (Phi) is 17.5. The van der Waals surface area contributed by atoms with E-state index >= 15 is 4.79 Å². The zero-order chi connectivity index (χ0) is 48.8. The lowest BCUT2D eigenvalue weighted by molar-refractivity contribution is -0.323. The van der Waals surface area contributed by atoms with Crippen LogP contribution >= 0.6 is 11.8 Å². The molecule has 3 aromatic rings. The normalized spacial score (nSPS) is 28.0. The molecule has 2 saturated heterocycles. The average molecular weight is 997 g/mol. The van der Waals surface area contributed by atoms with Gasteiger partial charge in [-0.25, -0.2) is 4.79 Å². The lowest BCUT2D eigenvalue weighted by Gasteiger charge is -2.51. The van der Waals surface area contributed by atoms with Gasteiger partial charge in [0.1, 0.15) is 34.5 Å². The zero-order valence-electron chi connectivity index (χ0n) is 38.3. The van der Waals surface area contributed by atoms with Gasteiger partial charge in [0.15, 0.2) is 18.4 Å². The van der Waals surface area contributed by atoms with Crippen molar-refractivity contribution < 1.29 is 58.1 Å². The van der Waals surface area contributed by atoms with Gasteiger partial charge in [0, 0.05) is 59.8 Å². The van der Waals surface area contributed by atoms with Crippen LogP contribution in [-0.4, -0.2) is 148 Å². The number of aliphatic hydroxyl groups is 2. The number of allylic oxidation sites excluding steroid dienone is 3. The Labute approximate surface area is 403 Å². The molecule has 3 aliphatic rings. The molecule has 6 rings (SSSR count). The molecular formula is C47H56N4O12S4. The third-order valence-electron chi connectivity index (χ3n) is 11.6. The molecule has 2 fully saturated rings. The number of carbonyl (C=O) groups excluding carboxylic acids is 3. The van der Waals surface area contributed by atoms with Gasteiger partial charge in [-0.15, -0.1) is 17.7 Å². The van der Waals surface area contributed by atoms with E-state index in [1.807, 2.05) is 13.8 Å². The molecule has 0 saturated carbocycles. The maximum absolute atomic E-state index is 15.3. The molecule has 1 aromatic carbocycles. The van der Waals surface area contributed by atoms with Crippen molar-refractivity contribution in [1.29, 1.82) is 0 Å². The first-order valence-electron chi connectivity index (χ1n) is 21.4. The van der Waals surface area contributed by atoms with Crippen molar-refractivity contribution in [1.82, 2.24) is 20.6 Å². The van der Waals surface area contributed by atoms with E-state index in [1.54, 1.807) is 57.7 Å². The number of ether oxygens (including phenoxy) is 6. The van der Waals surface area contributed by atoms with Crippen molar-refractivity contribution >= 4 is 80.8 Å². The molecule has 67 heavy (non-hydrogen) atoms. The summed E-state index contributed by atoms with van der Waals surface area (Å²) in [5, 5.41) is 42.0. The molecule has 16 nitrogen and oxygen atoms in total. The van der Waals surface area contributed by atoms with Gasteiger partial charge in [-0.2, -0.15) is 0 Å². The number of nitrogens with zero attached hydrogens (tertiary/aromatic N) is 1. The second kappa shape index (κ2) is 22.4. The minimum atomic E-state index is -2.04. The number of rotatable bonds is 14. The van der Waals surface area contributed by atoms with Crippen LogP contribution in [0.15, 0.2) is 65.5 Å². The summed E-state index contributed by atoms with van der Waals surface area (Å²) in [5.74, 6) is 10.4. The number of ketones is 2. The van der Waals surface area contributed by atoms with Crippen LogP contribution in [-0.2, 0) is 62.7 Å². The predicted octanol–water partition coefficient (Wildman–Crippen LogP) is 3.87. The molecule has 10 atom stereocenters. The molecule has 20 heteroatoms. The molecule has 6 N–H and O–H groups in total. The number of phenols is 1. The number of hydrogen-bond acceptors (Lipinski definition) is 17. The number of aliphatic hydroxyl groups excluding tert-OH is 2. The number of H-pyrrole nitrogens is 1. The van der Waals surface area contributed by atoms with Gasteiger partial charge in [0.05, 0.1) is 49.3 Å². The minimum absolute atomic E-state index is 0.00242. The number of pyridine rings is 1. The monoisotopic (exact) mass is 996 g/mol. The number of nitrogens with one attached hydrogen (secondary N) is 3. The van der Waals surface area contributed by atoms with Gasteiger partial charge in [-0.3, -0.25) is 19.9 Å². The quantitative estimate of drug-likeness (QED) is 0.0998. The highest BCUT2D eigenvalue weighted by atomic mass is 33.1. The first-order valence-corrected chi connectivity index (χ1v) is 26.7. The van der Waals surface area contributed by atoms with E-state index in [2.05, 4.69) is 44.3 Å². The number of aromatic hydroxyl groups is 1. The molecule has 1 amide bonds. The van der Waals surface area contributed by atoms with Crippen LogP contribution in [0.25, 0.3) is 21.8 Å². The van der Waals surface area contributed by atoms with Crippen molar-refractivity contribution in [3.8, 4) is 29.4 Å². The number of thioether (sulfide) groups is 1. The van der Waals surface area contributed by atoms with Crippen molar-refractivity contribution in [2.24, 2.45) is 0 Å². The summed E-state index contributed by atoms with van der Waals surface area (Å²) in [4.78, 5) is 49.8. The number of amides is 1. The van der Waals surface area contributed by atoms with Crippen molar-refractivity contribution in [3.63, 3.8) is 0 Å². The topological polar surface area (TPSA) is 220 Å². The van der Waals surface area contributed by atoms with Crippen LogP contribution in [0.4, 0.5) is 4.79 Å². The molecule has 8 unspecified atom stereocenters. The number of methoxy groups -OCH3 is 2. The second-order valence-corrected chi connectivity index (χ2v) is 24.8. The molecule has 0 bridgehead atoms. The van der Waals surface area contributed by atoms with E-state index < -0.39 is 85.2 Å². The summed E-state index contributed by atoms with van der Waals surface area (Å²) in [6.07, 6.45) is -2.08. The average Bonchev–Trinajstić information content (AvgIpc) is 3.65. The zero-order valence-corrected chi connectivity index (χ0v) is 41.6. The van der Waals surface area contributed by atoms with Crippen LogP contribution in [0.2, 0.25) is 0 Å². The number of aromatic amines is 1. The molecule has 4 heterocycles. The smallest absolute Gasteiger partial charge is 0.411 e. The Bertz CT molecular complexity index is 2700. The Morgan fingerprint density at radius 3 is 2.58 bits per heavy atom. The first kappa shape index (κ1) is 52.1. The Morgan fingerprint density at radius 2 is 1.91 bits per heavy atom. The molecule has 1 aliphatic carbocycles. The molecule has 0 spiro atoms. The van der Waals surface area contributed by atoms with Crippen LogP contribution in [0.5, 0.6) is 5.75 Å². The number of phenolic OH excluding ortho intramolecular Hbond substituents is 1. The highest BCUT2D eigenvalue weighted by molar-refractivity contribution is 8.56. The summed E-state index contributed by atoms with van der Waals surface area (Å²) in [6, 6.07) is 6.43. The number of alkyl carbamates (subject to hydrolysis) is 1. The highest BCUT2D eigenvalue weighted by Gasteiger charge is 2.61. The van der Waals surface area contributed by atoms with Crippen LogP contribution < -0.4 is 10.6 Å².